The third-order valence-corrected chi connectivity index (χ3v) is 2.25. The lowest BCUT2D eigenvalue weighted by Crippen LogP contribution is -2.25. The maximum atomic E-state index is 9.85. The van der Waals surface area contributed by atoms with E-state index in [1.807, 2.05) is 0 Å². The standard InChI is InChI=1S/C12H22N4O/c1-12(2,3)7-9(17)8-15-10-5-6-14-11(13-4)16-10/h5-6,9,17H,7-8H2,1-4H3,(H2,13,14,15,16). The number of aliphatic hydroxyl groups excluding tert-OH is 1. The molecule has 17 heavy (non-hydrogen) atoms. The number of nitrogens with zero attached hydrogens (tertiary/aromatic N) is 2. The van der Waals surface area contributed by atoms with Crippen molar-refractivity contribution < 1.29 is 5.11 Å². The molecule has 1 aromatic heterocycles. The molecular formula is C12H22N4O. The minimum absolute atomic E-state index is 0.128. The van der Waals surface area contributed by atoms with Gasteiger partial charge in [0.1, 0.15) is 5.82 Å². The first-order valence-electron chi connectivity index (χ1n) is 5.83. The Morgan fingerprint density at radius 2 is 2.12 bits per heavy atom. The molecule has 0 amide bonds. The summed E-state index contributed by atoms with van der Waals surface area (Å²) in [5.74, 6) is 1.29. The van der Waals surface area contributed by atoms with Crippen LogP contribution in [0.4, 0.5) is 11.8 Å². The van der Waals surface area contributed by atoms with Crippen LogP contribution in [0.25, 0.3) is 0 Å². The zero-order valence-corrected chi connectivity index (χ0v) is 11.0. The summed E-state index contributed by atoms with van der Waals surface area (Å²) in [5, 5.41) is 15.8. The maximum Gasteiger partial charge on any atom is 0.224 e. The number of rotatable bonds is 5. The predicted octanol–water partition coefficient (Wildman–Crippen LogP) is 1.73. The van der Waals surface area contributed by atoms with Gasteiger partial charge in [0, 0.05) is 19.8 Å². The first-order valence-corrected chi connectivity index (χ1v) is 5.83. The van der Waals surface area contributed by atoms with E-state index in [4.69, 9.17) is 0 Å². The topological polar surface area (TPSA) is 70.1 Å². The van der Waals surface area contributed by atoms with Crippen LogP contribution in [0.1, 0.15) is 27.2 Å². The van der Waals surface area contributed by atoms with Gasteiger partial charge in [0.25, 0.3) is 0 Å². The Kier molecular flexibility index (Phi) is 4.69. The van der Waals surface area contributed by atoms with Gasteiger partial charge in [-0.1, -0.05) is 20.8 Å². The van der Waals surface area contributed by atoms with Crippen molar-refractivity contribution in [3.8, 4) is 0 Å². The van der Waals surface area contributed by atoms with Gasteiger partial charge in [-0.05, 0) is 17.9 Å². The van der Waals surface area contributed by atoms with E-state index in [1.54, 1.807) is 19.3 Å². The van der Waals surface area contributed by atoms with Crippen LogP contribution in [0.3, 0.4) is 0 Å². The first-order chi connectivity index (χ1) is 7.90. The molecule has 5 heteroatoms. The fourth-order valence-electron chi connectivity index (χ4n) is 1.58. The zero-order valence-electron chi connectivity index (χ0n) is 11.0. The number of hydrogen-bond acceptors (Lipinski definition) is 5. The number of anilines is 2. The summed E-state index contributed by atoms with van der Waals surface area (Å²) >= 11 is 0. The minimum atomic E-state index is -0.372. The molecule has 0 aliphatic carbocycles. The summed E-state index contributed by atoms with van der Waals surface area (Å²) < 4.78 is 0. The molecule has 1 aromatic rings. The number of aromatic nitrogens is 2. The zero-order chi connectivity index (χ0) is 12.9. The molecule has 0 aromatic carbocycles. The van der Waals surface area contributed by atoms with Crippen LogP contribution in [-0.4, -0.2) is 34.8 Å². The lowest BCUT2D eigenvalue weighted by atomic mass is 9.89. The van der Waals surface area contributed by atoms with Crippen LogP contribution in [0.2, 0.25) is 0 Å². The van der Waals surface area contributed by atoms with Crippen molar-refractivity contribution >= 4 is 11.8 Å². The second-order valence-electron chi connectivity index (χ2n) is 5.31. The number of aliphatic hydroxyl groups is 1. The van der Waals surface area contributed by atoms with Crippen molar-refractivity contribution in [2.75, 3.05) is 24.2 Å². The van der Waals surface area contributed by atoms with E-state index in [0.29, 0.717) is 12.5 Å². The van der Waals surface area contributed by atoms with Crippen molar-refractivity contribution in [2.24, 2.45) is 5.41 Å². The molecule has 1 unspecified atom stereocenters. The fourth-order valence-corrected chi connectivity index (χ4v) is 1.58. The average Bonchev–Trinajstić information content (AvgIpc) is 2.24. The highest BCUT2D eigenvalue weighted by molar-refractivity contribution is 5.39. The Bertz CT molecular complexity index is 349. The molecule has 1 atom stereocenters. The van der Waals surface area contributed by atoms with Gasteiger partial charge in [-0.15, -0.1) is 0 Å². The smallest absolute Gasteiger partial charge is 0.224 e. The lowest BCUT2D eigenvalue weighted by molar-refractivity contribution is 0.132. The summed E-state index contributed by atoms with van der Waals surface area (Å²) in [6.07, 6.45) is 2.06. The van der Waals surface area contributed by atoms with Gasteiger partial charge in [-0.3, -0.25) is 0 Å². The molecule has 0 saturated carbocycles. The van der Waals surface area contributed by atoms with E-state index in [9.17, 15) is 5.11 Å². The van der Waals surface area contributed by atoms with Crippen LogP contribution in [0.5, 0.6) is 0 Å². The van der Waals surface area contributed by atoms with E-state index >= 15 is 0 Å². The molecule has 0 fully saturated rings. The van der Waals surface area contributed by atoms with Gasteiger partial charge in [-0.2, -0.15) is 4.98 Å². The highest BCUT2D eigenvalue weighted by atomic mass is 16.3. The van der Waals surface area contributed by atoms with Crippen LogP contribution in [0.15, 0.2) is 12.3 Å². The minimum Gasteiger partial charge on any atom is -0.391 e. The molecular weight excluding hydrogens is 216 g/mol. The number of nitrogens with one attached hydrogen (secondary N) is 2. The van der Waals surface area contributed by atoms with Crippen molar-refractivity contribution in [1.29, 1.82) is 0 Å². The van der Waals surface area contributed by atoms with E-state index in [1.165, 1.54) is 0 Å². The third-order valence-electron chi connectivity index (χ3n) is 2.25. The molecule has 3 N–H and O–H groups in total. The SMILES string of the molecule is CNc1nccc(NCC(O)CC(C)(C)C)n1. The second-order valence-corrected chi connectivity index (χ2v) is 5.31. The van der Waals surface area contributed by atoms with Crippen molar-refractivity contribution in [1.82, 2.24) is 9.97 Å². The van der Waals surface area contributed by atoms with Gasteiger partial charge in [0.05, 0.1) is 6.10 Å². The molecule has 96 valence electrons. The normalized spacial score (nSPS) is 13.2. The molecule has 0 bridgehead atoms. The quantitative estimate of drug-likeness (QED) is 0.728. The summed E-state index contributed by atoms with van der Waals surface area (Å²) in [7, 11) is 1.77. The summed E-state index contributed by atoms with van der Waals surface area (Å²) in [6, 6.07) is 1.78. The Morgan fingerprint density at radius 3 is 2.71 bits per heavy atom. The molecule has 0 spiro atoms. The van der Waals surface area contributed by atoms with Crippen LogP contribution in [-0.2, 0) is 0 Å². The molecule has 0 aliphatic rings. The highest BCUT2D eigenvalue weighted by Crippen LogP contribution is 2.20. The van der Waals surface area contributed by atoms with E-state index in [0.717, 1.165) is 12.2 Å². The summed E-state index contributed by atoms with van der Waals surface area (Å²) in [5.41, 5.74) is 0.128. The summed E-state index contributed by atoms with van der Waals surface area (Å²) in [6.45, 7) is 6.83. The van der Waals surface area contributed by atoms with Gasteiger partial charge in [0.15, 0.2) is 0 Å². The second kappa shape index (κ2) is 5.82. The van der Waals surface area contributed by atoms with E-state index in [-0.39, 0.29) is 11.5 Å². The van der Waals surface area contributed by atoms with E-state index < -0.39 is 0 Å². The lowest BCUT2D eigenvalue weighted by Gasteiger charge is -2.22. The third kappa shape index (κ3) is 5.49. The molecule has 5 nitrogen and oxygen atoms in total. The van der Waals surface area contributed by atoms with Crippen molar-refractivity contribution in [3.05, 3.63) is 12.3 Å². The monoisotopic (exact) mass is 238 g/mol. The van der Waals surface area contributed by atoms with Crippen molar-refractivity contribution in [2.45, 2.75) is 33.3 Å². The fraction of sp³-hybridized carbons (Fsp3) is 0.667. The molecule has 0 radical (unpaired) electrons. The molecule has 0 saturated heterocycles. The molecule has 1 heterocycles. The van der Waals surface area contributed by atoms with Crippen LogP contribution >= 0.6 is 0 Å². The van der Waals surface area contributed by atoms with E-state index in [2.05, 4.69) is 41.4 Å². The Morgan fingerprint density at radius 1 is 1.41 bits per heavy atom. The van der Waals surface area contributed by atoms with Gasteiger partial charge in [0.2, 0.25) is 5.95 Å². The summed E-state index contributed by atoms with van der Waals surface area (Å²) in [4.78, 5) is 8.23. The molecule has 0 aliphatic heterocycles. The van der Waals surface area contributed by atoms with Crippen LogP contribution < -0.4 is 10.6 Å². The van der Waals surface area contributed by atoms with Crippen LogP contribution in [0, 0.1) is 5.41 Å². The van der Waals surface area contributed by atoms with Gasteiger partial charge < -0.3 is 15.7 Å². The molecule has 1 rings (SSSR count). The Balaban J connectivity index is 2.44. The average molecular weight is 238 g/mol. The largest absolute Gasteiger partial charge is 0.391 e. The maximum absolute atomic E-state index is 9.85. The Hall–Kier alpha value is -1.36. The number of hydrogen-bond donors (Lipinski definition) is 3. The first kappa shape index (κ1) is 13.7. The predicted molar refractivity (Wildman–Crippen MR) is 70.1 cm³/mol. The van der Waals surface area contributed by atoms with Gasteiger partial charge >= 0.3 is 0 Å². The van der Waals surface area contributed by atoms with Crippen molar-refractivity contribution in [3.63, 3.8) is 0 Å². The highest BCUT2D eigenvalue weighted by Gasteiger charge is 2.16. The Labute approximate surface area is 103 Å². The van der Waals surface area contributed by atoms with Gasteiger partial charge in [-0.25, -0.2) is 4.98 Å².